The van der Waals surface area contributed by atoms with Crippen LogP contribution < -0.4 is 15.2 Å². The summed E-state index contributed by atoms with van der Waals surface area (Å²) in [5, 5.41) is 0. The van der Waals surface area contributed by atoms with Crippen LogP contribution in [-0.2, 0) is 0 Å². The summed E-state index contributed by atoms with van der Waals surface area (Å²) in [4.78, 5) is 0. The number of halogens is 1. The molecule has 0 aromatic heterocycles. The maximum absolute atomic E-state index is 5.97. The lowest BCUT2D eigenvalue weighted by Crippen LogP contribution is -2.20. The summed E-state index contributed by atoms with van der Waals surface area (Å²) >= 11 is 3.45. The minimum absolute atomic E-state index is 0.0703. The Morgan fingerprint density at radius 2 is 2.36 bits per heavy atom. The predicted molar refractivity (Wildman–Crippen MR) is 57.7 cm³/mol. The van der Waals surface area contributed by atoms with Crippen molar-refractivity contribution in [3.05, 3.63) is 22.2 Å². The molecule has 2 N–H and O–H groups in total. The Balaban J connectivity index is 2.52. The Bertz CT molecular complexity index is 354. The highest BCUT2D eigenvalue weighted by atomic mass is 79.9. The molecule has 14 heavy (non-hydrogen) atoms. The van der Waals surface area contributed by atoms with Gasteiger partial charge in [-0.1, -0.05) is 0 Å². The van der Waals surface area contributed by atoms with Crippen LogP contribution in [0.15, 0.2) is 16.6 Å². The number of ether oxygens (including phenoxy) is 2. The number of fused-ring (bicyclic) bond motifs is 1. The molecular formula is C10H12BrNO2. The van der Waals surface area contributed by atoms with Crippen LogP contribution in [0.2, 0.25) is 0 Å². The number of methoxy groups -OCH3 is 1. The van der Waals surface area contributed by atoms with Crippen LogP contribution in [0.5, 0.6) is 11.5 Å². The van der Waals surface area contributed by atoms with Crippen LogP contribution in [0, 0.1) is 0 Å². The first-order chi connectivity index (χ1) is 6.74. The van der Waals surface area contributed by atoms with E-state index in [9.17, 15) is 0 Å². The second kappa shape index (κ2) is 3.79. The zero-order valence-corrected chi connectivity index (χ0v) is 9.50. The van der Waals surface area contributed by atoms with E-state index in [0.717, 1.165) is 28.0 Å². The second-order valence-corrected chi connectivity index (χ2v) is 4.04. The fraction of sp³-hybridized carbons (Fsp3) is 0.400. The molecule has 2 rings (SSSR count). The van der Waals surface area contributed by atoms with Crippen LogP contribution in [-0.4, -0.2) is 13.7 Å². The summed E-state index contributed by atoms with van der Waals surface area (Å²) in [6, 6.07) is 3.93. The fourth-order valence-corrected chi connectivity index (χ4v) is 2.23. The van der Waals surface area contributed by atoms with Crippen LogP contribution in [0.4, 0.5) is 0 Å². The van der Waals surface area contributed by atoms with Crippen molar-refractivity contribution in [1.82, 2.24) is 0 Å². The molecule has 3 nitrogen and oxygen atoms in total. The first-order valence-electron chi connectivity index (χ1n) is 4.49. The van der Waals surface area contributed by atoms with Gasteiger partial charge < -0.3 is 15.2 Å². The first kappa shape index (κ1) is 9.80. The lowest BCUT2D eigenvalue weighted by Gasteiger charge is -2.24. The van der Waals surface area contributed by atoms with E-state index in [1.807, 2.05) is 12.1 Å². The van der Waals surface area contributed by atoms with Gasteiger partial charge in [-0.05, 0) is 28.1 Å². The van der Waals surface area contributed by atoms with E-state index in [1.165, 1.54) is 0 Å². The third kappa shape index (κ3) is 1.48. The third-order valence-electron chi connectivity index (χ3n) is 2.39. The Labute approximate surface area is 91.3 Å². The van der Waals surface area contributed by atoms with Gasteiger partial charge in [-0.25, -0.2) is 0 Å². The topological polar surface area (TPSA) is 44.5 Å². The highest BCUT2D eigenvalue weighted by molar-refractivity contribution is 9.10. The average molecular weight is 258 g/mol. The Kier molecular flexibility index (Phi) is 2.65. The summed E-state index contributed by atoms with van der Waals surface area (Å²) in [6.07, 6.45) is 0.867. The molecule has 0 bridgehead atoms. The van der Waals surface area contributed by atoms with Gasteiger partial charge >= 0.3 is 0 Å². The SMILES string of the molecule is COc1ccc2c(c1Br)OCC[C@H]2N. The van der Waals surface area contributed by atoms with E-state index in [4.69, 9.17) is 15.2 Å². The van der Waals surface area contributed by atoms with Gasteiger partial charge in [0.15, 0.2) is 0 Å². The molecule has 0 saturated heterocycles. The van der Waals surface area contributed by atoms with E-state index in [-0.39, 0.29) is 6.04 Å². The summed E-state index contributed by atoms with van der Waals surface area (Å²) < 4.78 is 11.6. The van der Waals surface area contributed by atoms with Crippen molar-refractivity contribution in [1.29, 1.82) is 0 Å². The maximum Gasteiger partial charge on any atom is 0.142 e. The molecule has 1 aromatic rings. The molecule has 1 atom stereocenters. The Hall–Kier alpha value is -0.740. The molecule has 0 aliphatic carbocycles. The molecule has 0 unspecified atom stereocenters. The van der Waals surface area contributed by atoms with Gasteiger partial charge in [0.1, 0.15) is 16.0 Å². The maximum atomic E-state index is 5.97. The summed E-state index contributed by atoms with van der Waals surface area (Å²) in [7, 11) is 1.63. The van der Waals surface area contributed by atoms with Crippen molar-refractivity contribution in [3.8, 4) is 11.5 Å². The Morgan fingerprint density at radius 3 is 3.07 bits per heavy atom. The quantitative estimate of drug-likeness (QED) is 0.840. The Morgan fingerprint density at radius 1 is 1.57 bits per heavy atom. The highest BCUT2D eigenvalue weighted by Gasteiger charge is 2.22. The van der Waals surface area contributed by atoms with E-state index < -0.39 is 0 Å². The molecule has 0 saturated carbocycles. The van der Waals surface area contributed by atoms with E-state index in [0.29, 0.717) is 6.61 Å². The van der Waals surface area contributed by atoms with Crippen LogP contribution >= 0.6 is 15.9 Å². The zero-order chi connectivity index (χ0) is 10.1. The van der Waals surface area contributed by atoms with E-state index in [1.54, 1.807) is 7.11 Å². The number of rotatable bonds is 1. The number of nitrogens with two attached hydrogens (primary N) is 1. The molecule has 0 amide bonds. The summed E-state index contributed by atoms with van der Waals surface area (Å²) in [5.41, 5.74) is 7.01. The number of hydrogen-bond acceptors (Lipinski definition) is 3. The molecule has 4 heteroatoms. The lowest BCUT2D eigenvalue weighted by atomic mass is 10.0. The molecule has 1 aliphatic rings. The molecule has 1 heterocycles. The average Bonchev–Trinajstić information content (AvgIpc) is 2.20. The highest BCUT2D eigenvalue weighted by Crippen LogP contribution is 2.41. The van der Waals surface area contributed by atoms with Gasteiger partial charge in [-0.3, -0.25) is 0 Å². The van der Waals surface area contributed by atoms with Gasteiger partial charge in [0, 0.05) is 18.0 Å². The van der Waals surface area contributed by atoms with Gasteiger partial charge in [0.25, 0.3) is 0 Å². The van der Waals surface area contributed by atoms with Crippen LogP contribution in [0.3, 0.4) is 0 Å². The number of hydrogen-bond donors (Lipinski definition) is 1. The molecule has 1 aromatic carbocycles. The normalized spacial score (nSPS) is 19.8. The minimum Gasteiger partial charge on any atom is -0.495 e. The standard InChI is InChI=1S/C10H12BrNO2/c1-13-8-3-2-6-7(12)4-5-14-10(6)9(8)11/h2-3,7H,4-5,12H2,1H3/t7-/m1/s1. The molecule has 0 spiro atoms. The van der Waals surface area contributed by atoms with Crippen molar-refractivity contribution < 1.29 is 9.47 Å². The van der Waals surface area contributed by atoms with Gasteiger partial charge in [-0.2, -0.15) is 0 Å². The van der Waals surface area contributed by atoms with Crippen LogP contribution in [0.25, 0.3) is 0 Å². The van der Waals surface area contributed by atoms with E-state index >= 15 is 0 Å². The second-order valence-electron chi connectivity index (χ2n) is 3.24. The van der Waals surface area contributed by atoms with Gasteiger partial charge in [0.2, 0.25) is 0 Å². The monoisotopic (exact) mass is 257 g/mol. The van der Waals surface area contributed by atoms with Crippen molar-refractivity contribution in [2.75, 3.05) is 13.7 Å². The van der Waals surface area contributed by atoms with Crippen molar-refractivity contribution >= 4 is 15.9 Å². The zero-order valence-electron chi connectivity index (χ0n) is 7.92. The molecule has 1 aliphatic heterocycles. The first-order valence-corrected chi connectivity index (χ1v) is 5.28. The van der Waals surface area contributed by atoms with Gasteiger partial charge in [-0.15, -0.1) is 0 Å². The molecule has 0 radical (unpaired) electrons. The summed E-state index contributed by atoms with van der Waals surface area (Å²) in [6.45, 7) is 0.667. The predicted octanol–water partition coefficient (Wildman–Crippen LogP) is 2.24. The summed E-state index contributed by atoms with van der Waals surface area (Å²) in [5.74, 6) is 1.60. The van der Waals surface area contributed by atoms with E-state index in [2.05, 4.69) is 15.9 Å². The minimum atomic E-state index is 0.0703. The largest absolute Gasteiger partial charge is 0.495 e. The lowest BCUT2D eigenvalue weighted by molar-refractivity contribution is 0.265. The molecule has 76 valence electrons. The number of benzene rings is 1. The third-order valence-corrected chi connectivity index (χ3v) is 3.14. The smallest absolute Gasteiger partial charge is 0.142 e. The molecular weight excluding hydrogens is 246 g/mol. The van der Waals surface area contributed by atoms with Crippen molar-refractivity contribution in [3.63, 3.8) is 0 Å². The van der Waals surface area contributed by atoms with Crippen LogP contribution in [0.1, 0.15) is 18.0 Å². The fourth-order valence-electron chi connectivity index (χ4n) is 1.59. The van der Waals surface area contributed by atoms with Crippen molar-refractivity contribution in [2.45, 2.75) is 12.5 Å². The van der Waals surface area contributed by atoms with Crippen molar-refractivity contribution in [2.24, 2.45) is 5.73 Å². The van der Waals surface area contributed by atoms with Gasteiger partial charge in [0.05, 0.1) is 13.7 Å². The molecule has 0 fully saturated rings.